The molecule has 2 heterocycles. The topological polar surface area (TPSA) is 82.6 Å². The number of amides is 1. The number of ether oxygens (including phenoxy) is 1. The number of carbonyl (C=O) groups excluding carboxylic acids is 1. The van der Waals surface area contributed by atoms with Gasteiger partial charge in [-0.2, -0.15) is 0 Å². The fourth-order valence-corrected chi connectivity index (χ4v) is 4.10. The van der Waals surface area contributed by atoms with Crippen molar-refractivity contribution in [2.24, 2.45) is 0 Å². The lowest BCUT2D eigenvalue weighted by atomic mass is 9.77. The summed E-state index contributed by atoms with van der Waals surface area (Å²) in [5, 5.41) is 19.6. The molecule has 0 saturated heterocycles. The molecule has 4 N–H and O–H groups in total. The Morgan fingerprint density at radius 2 is 1.77 bits per heavy atom. The van der Waals surface area contributed by atoms with Gasteiger partial charge in [-0.15, -0.1) is 0 Å². The standard InChI is InChI=1S/C20H23N3O3/c1-4-20(5-2)13-9-15-16(10-14(13)23-19(20)25)22-18(21-15)12-7-6-11(24)8-17(12)26-3/h6-10,18,21-22,24H,4-5H2,1-3H3,(H,23,25). The van der Waals surface area contributed by atoms with Crippen molar-refractivity contribution in [3.05, 3.63) is 41.5 Å². The number of phenols is 1. The first-order valence-electron chi connectivity index (χ1n) is 8.92. The van der Waals surface area contributed by atoms with Gasteiger partial charge in [-0.05, 0) is 42.7 Å². The fraction of sp³-hybridized carbons (Fsp3) is 0.350. The lowest BCUT2D eigenvalue weighted by Gasteiger charge is -2.24. The summed E-state index contributed by atoms with van der Waals surface area (Å²) < 4.78 is 5.40. The molecule has 4 rings (SSSR count). The zero-order chi connectivity index (χ0) is 18.5. The molecule has 2 aliphatic rings. The number of nitrogens with one attached hydrogen (secondary N) is 3. The van der Waals surface area contributed by atoms with Crippen LogP contribution in [0.3, 0.4) is 0 Å². The van der Waals surface area contributed by atoms with Crippen LogP contribution in [0.25, 0.3) is 0 Å². The lowest BCUT2D eigenvalue weighted by Crippen LogP contribution is -2.32. The molecule has 6 nitrogen and oxygen atoms in total. The van der Waals surface area contributed by atoms with Crippen LogP contribution in [-0.4, -0.2) is 18.1 Å². The first kappa shape index (κ1) is 16.6. The molecular formula is C20H23N3O3. The summed E-state index contributed by atoms with van der Waals surface area (Å²) in [5.41, 5.74) is 4.28. The molecule has 2 aliphatic heterocycles. The maximum Gasteiger partial charge on any atom is 0.235 e. The van der Waals surface area contributed by atoms with E-state index in [1.165, 1.54) is 0 Å². The number of methoxy groups -OCH3 is 1. The van der Waals surface area contributed by atoms with Crippen LogP contribution in [0.2, 0.25) is 0 Å². The van der Waals surface area contributed by atoms with Gasteiger partial charge in [-0.25, -0.2) is 0 Å². The highest BCUT2D eigenvalue weighted by Gasteiger charge is 2.45. The second-order valence-corrected chi connectivity index (χ2v) is 6.83. The van der Waals surface area contributed by atoms with Crippen LogP contribution >= 0.6 is 0 Å². The van der Waals surface area contributed by atoms with E-state index in [1.807, 2.05) is 12.1 Å². The largest absolute Gasteiger partial charge is 0.508 e. The van der Waals surface area contributed by atoms with E-state index >= 15 is 0 Å². The van der Waals surface area contributed by atoms with Crippen LogP contribution < -0.4 is 20.7 Å². The molecular weight excluding hydrogens is 330 g/mol. The van der Waals surface area contributed by atoms with E-state index in [2.05, 4.69) is 35.9 Å². The third-order valence-corrected chi connectivity index (χ3v) is 5.69. The highest BCUT2D eigenvalue weighted by atomic mass is 16.5. The molecule has 136 valence electrons. The van der Waals surface area contributed by atoms with E-state index < -0.39 is 5.41 Å². The van der Waals surface area contributed by atoms with Gasteiger partial charge in [0, 0.05) is 17.3 Å². The molecule has 0 saturated carbocycles. The number of rotatable bonds is 4. The Morgan fingerprint density at radius 1 is 1.08 bits per heavy atom. The fourth-order valence-electron chi connectivity index (χ4n) is 4.10. The van der Waals surface area contributed by atoms with Crippen molar-refractivity contribution in [3.8, 4) is 11.5 Å². The summed E-state index contributed by atoms with van der Waals surface area (Å²) >= 11 is 0. The van der Waals surface area contributed by atoms with Crippen molar-refractivity contribution in [2.75, 3.05) is 23.1 Å². The minimum atomic E-state index is -0.458. The van der Waals surface area contributed by atoms with Crippen molar-refractivity contribution >= 4 is 23.0 Å². The number of aromatic hydroxyl groups is 1. The van der Waals surface area contributed by atoms with Gasteiger partial charge in [0.1, 0.15) is 17.7 Å². The predicted molar refractivity (Wildman–Crippen MR) is 102 cm³/mol. The van der Waals surface area contributed by atoms with Crippen molar-refractivity contribution in [1.82, 2.24) is 0 Å². The molecule has 1 unspecified atom stereocenters. The van der Waals surface area contributed by atoms with E-state index in [-0.39, 0.29) is 17.8 Å². The van der Waals surface area contributed by atoms with Crippen LogP contribution in [0.15, 0.2) is 30.3 Å². The Balaban J connectivity index is 1.71. The van der Waals surface area contributed by atoms with Gasteiger partial charge in [0.2, 0.25) is 5.91 Å². The molecule has 2 aromatic carbocycles. The smallest absolute Gasteiger partial charge is 0.235 e. The van der Waals surface area contributed by atoms with Crippen molar-refractivity contribution in [2.45, 2.75) is 38.3 Å². The zero-order valence-corrected chi connectivity index (χ0v) is 15.1. The average molecular weight is 353 g/mol. The summed E-state index contributed by atoms with van der Waals surface area (Å²) in [6, 6.07) is 9.15. The van der Waals surface area contributed by atoms with E-state index in [4.69, 9.17) is 4.74 Å². The second kappa shape index (κ2) is 5.83. The molecule has 0 aromatic heterocycles. The van der Waals surface area contributed by atoms with Crippen LogP contribution in [0, 0.1) is 0 Å². The first-order chi connectivity index (χ1) is 12.5. The Morgan fingerprint density at radius 3 is 2.42 bits per heavy atom. The SMILES string of the molecule is CCC1(CC)C(=O)Nc2cc3c(cc21)NC(c1ccc(O)cc1OC)N3. The summed E-state index contributed by atoms with van der Waals surface area (Å²) in [4.78, 5) is 12.6. The molecule has 6 heteroatoms. The number of hydrogen-bond donors (Lipinski definition) is 4. The van der Waals surface area contributed by atoms with Gasteiger partial charge < -0.3 is 25.8 Å². The molecule has 2 aromatic rings. The predicted octanol–water partition coefficient (Wildman–Crippen LogP) is 3.95. The number of hydrogen-bond acceptors (Lipinski definition) is 5. The van der Waals surface area contributed by atoms with Crippen molar-refractivity contribution in [1.29, 1.82) is 0 Å². The van der Waals surface area contributed by atoms with Gasteiger partial charge in [0.05, 0.1) is 23.9 Å². The van der Waals surface area contributed by atoms with Gasteiger partial charge in [0.15, 0.2) is 0 Å². The van der Waals surface area contributed by atoms with Crippen LogP contribution in [0.4, 0.5) is 17.1 Å². The molecule has 0 bridgehead atoms. The number of phenolic OH excluding ortho intramolecular Hbond substituents is 1. The maximum absolute atomic E-state index is 12.6. The summed E-state index contributed by atoms with van der Waals surface area (Å²) in [6.07, 6.45) is 1.37. The number of carbonyl (C=O) groups is 1. The monoisotopic (exact) mass is 353 g/mol. The molecule has 0 spiro atoms. The van der Waals surface area contributed by atoms with Crippen molar-refractivity contribution < 1.29 is 14.6 Å². The number of benzene rings is 2. The summed E-state index contributed by atoms with van der Waals surface area (Å²) in [5.74, 6) is 0.858. The Hall–Kier alpha value is -2.89. The lowest BCUT2D eigenvalue weighted by molar-refractivity contribution is -0.121. The highest BCUT2D eigenvalue weighted by Crippen LogP contribution is 2.49. The van der Waals surface area contributed by atoms with Crippen LogP contribution in [0.1, 0.15) is 44.0 Å². The van der Waals surface area contributed by atoms with E-state index in [0.717, 1.165) is 41.0 Å². The van der Waals surface area contributed by atoms with E-state index in [1.54, 1.807) is 19.2 Å². The quantitative estimate of drug-likeness (QED) is 0.669. The molecule has 1 atom stereocenters. The number of anilines is 3. The van der Waals surface area contributed by atoms with Gasteiger partial charge in [0.25, 0.3) is 0 Å². The first-order valence-corrected chi connectivity index (χ1v) is 8.92. The third-order valence-electron chi connectivity index (χ3n) is 5.69. The summed E-state index contributed by atoms with van der Waals surface area (Å²) in [7, 11) is 1.58. The van der Waals surface area contributed by atoms with E-state index in [9.17, 15) is 9.90 Å². The Bertz CT molecular complexity index is 890. The van der Waals surface area contributed by atoms with Gasteiger partial charge in [-0.3, -0.25) is 4.79 Å². The molecule has 26 heavy (non-hydrogen) atoms. The van der Waals surface area contributed by atoms with Crippen LogP contribution in [-0.2, 0) is 10.2 Å². The normalized spacial score (nSPS) is 19.2. The van der Waals surface area contributed by atoms with Gasteiger partial charge >= 0.3 is 0 Å². The molecule has 0 aliphatic carbocycles. The highest BCUT2D eigenvalue weighted by molar-refractivity contribution is 6.07. The maximum atomic E-state index is 12.6. The molecule has 0 radical (unpaired) electrons. The molecule has 1 amide bonds. The van der Waals surface area contributed by atoms with Gasteiger partial charge in [-0.1, -0.05) is 13.8 Å². The Kier molecular flexibility index (Phi) is 3.72. The second-order valence-electron chi connectivity index (χ2n) is 6.83. The average Bonchev–Trinajstić information content (AvgIpc) is 3.16. The zero-order valence-electron chi connectivity index (χ0n) is 15.1. The van der Waals surface area contributed by atoms with E-state index in [0.29, 0.717) is 5.75 Å². The van der Waals surface area contributed by atoms with Crippen LogP contribution in [0.5, 0.6) is 11.5 Å². The minimum Gasteiger partial charge on any atom is -0.508 e. The molecule has 0 fully saturated rings. The van der Waals surface area contributed by atoms with Crippen molar-refractivity contribution in [3.63, 3.8) is 0 Å². The Labute approximate surface area is 152 Å². The minimum absolute atomic E-state index is 0.0814. The number of fused-ring (bicyclic) bond motifs is 2. The summed E-state index contributed by atoms with van der Waals surface area (Å²) in [6.45, 7) is 4.11. The third kappa shape index (κ3) is 2.21.